The van der Waals surface area contributed by atoms with Crippen LogP contribution in [0.3, 0.4) is 0 Å². The average molecular weight is 423 g/mol. The fourth-order valence-electron chi connectivity index (χ4n) is 2.08. The number of carbonyl (C=O) groups is 2. The van der Waals surface area contributed by atoms with Crippen LogP contribution in [0.4, 0.5) is 5.69 Å². The standard InChI is InChI=1S/C17H18IN3O2/c1-2-21(12-9-13-7-10-19-11-8-13)17(23)16(22)20-15-5-3-14(18)4-6-15/h3-8,10-11H,2,9,12H2,1H3,(H,20,22). The Morgan fingerprint density at radius 1 is 1.13 bits per heavy atom. The van der Waals surface area contributed by atoms with E-state index in [1.165, 1.54) is 0 Å². The fourth-order valence-corrected chi connectivity index (χ4v) is 2.44. The van der Waals surface area contributed by atoms with Crippen molar-refractivity contribution in [3.05, 3.63) is 57.9 Å². The third-order valence-corrected chi connectivity index (χ3v) is 4.10. The maximum absolute atomic E-state index is 12.3. The SMILES string of the molecule is CCN(CCc1ccncc1)C(=O)C(=O)Nc1ccc(I)cc1. The maximum atomic E-state index is 12.3. The number of hydrogen-bond acceptors (Lipinski definition) is 3. The van der Waals surface area contributed by atoms with Gasteiger partial charge < -0.3 is 10.2 Å². The van der Waals surface area contributed by atoms with E-state index in [-0.39, 0.29) is 0 Å². The summed E-state index contributed by atoms with van der Waals surface area (Å²) in [5.41, 5.74) is 1.71. The van der Waals surface area contributed by atoms with Crippen LogP contribution < -0.4 is 5.32 Å². The van der Waals surface area contributed by atoms with Crippen LogP contribution >= 0.6 is 22.6 Å². The summed E-state index contributed by atoms with van der Waals surface area (Å²) in [5.74, 6) is -1.12. The summed E-state index contributed by atoms with van der Waals surface area (Å²) in [7, 11) is 0. The van der Waals surface area contributed by atoms with Crippen molar-refractivity contribution in [2.24, 2.45) is 0 Å². The summed E-state index contributed by atoms with van der Waals surface area (Å²) >= 11 is 2.18. The molecule has 1 N–H and O–H groups in total. The number of carbonyl (C=O) groups excluding carboxylic acids is 2. The zero-order valence-corrected chi connectivity index (χ0v) is 15.0. The van der Waals surface area contributed by atoms with E-state index in [0.717, 1.165) is 9.13 Å². The number of amides is 2. The lowest BCUT2D eigenvalue weighted by Crippen LogP contribution is -2.40. The zero-order chi connectivity index (χ0) is 16.7. The molecule has 5 nitrogen and oxygen atoms in total. The summed E-state index contributed by atoms with van der Waals surface area (Å²) in [5, 5.41) is 2.64. The molecule has 0 aliphatic carbocycles. The Bertz CT molecular complexity index is 659. The van der Waals surface area contributed by atoms with Gasteiger partial charge in [0.15, 0.2) is 0 Å². The van der Waals surface area contributed by atoms with Gasteiger partial charge in [-0.15, -0.1) is 0 Å². The van der Waals surface area contributed by atoms with Crippen molar-refractivity contribution in [2.45, 2.75) is 13.3 Å². The second kappa shape index (κ2) is 8.61. The monoisotopic (exact) mass is 423 g/mol. The van der Waals surface area contributed by atoms with Gasteiger partial charge in [0.1, 0.15) is 0 Å². The highest BCUT2D eigenvalue weighted by Gasteiger charge is 2.20. The Kier molecular flexibility index (Phi) is 6.52. The summed E-state index contributed by atoms with van der Waals surface area (Å²) in [6.45, 7) is 2.85. The van der Waals surface area contributed by atoms with Gasteiger partial charge in [-0.05, 0) is 77.9 Å². The quantitative estimate of drug-likeness (QED) is 0.595. The molecule has 2 amide bonds. The highest BCUT2D eigenvalue weighted by Crippen LogP contribution is 2.11. The average Bonchev–Trinajstić information content (AvgIpc) is 2.58. The first-order chi connectivity index (χ1) is 11.1. The molecule has 2 rings (SSSR count). The molecule has 0 saturated carbocycles. The molecule has 1 aromatic heterocycles. The highest BCUT2D eigenvalue weighted by molar-refractivity contribution is 14.1. The van der Waals surface area contributed by atoms with E-state index in [1.807, 2.05) is 31.2 Å². The third kappa shape index (κ3) is 5.31. The minimum atomic E-state index is -0.609. The number of pyridine rings is 1. The van der Waals surface area contributed by atoms with Crippen molar-refractivity contribution < 1.29 is 9.59 Å². The van der Waals surface area contributed by atoms with E-state index >= 15 is 0 Å². The Morgan fingerprint density at radius 2 is 1.78 bits per heavy atom. The largest absolute Gasteiger partial charge is 0.334 e. The van der Waals surface area contributed by atoms with E-state index in [4.69, 9.17) is 0 Å². The van der Waals surface area contributed by atoms with Crippen LogP contribution in [0.15, 0.2) is 48.8 Å². The van der Waals surface area contributed by atoms with Crippen molar-refractivity contribution >= 4 is 40.1 Å². The molecular weight excluding hydrogens is 405 g/mol. The second-order valence-corrected chi connectivity index (χ2v) is 6.20. The van der Waals surface area contributed by atoms with Gasteiger partial charge in [0, 0.05) is 34.7 Å². The van der Waals surface area contributed by atoms with Gasteiger partial charge in [-0.1, -0.05) is 0 Å². The predicted molar refractivity (Wildman–Crippen MR) is 98.0 cm³/mol. The molecule has 0 fully saturated rings. The van der Waals surface area contributed by atoms with Gasteiger partial charge in [0.25, 0.3) is 0 Å². The molecule has 6 heteroatoms. The number of anilines is 1. The van der Waals surface area contributed by atoms with Crippen molar-refractivity contribution in [3.8, 4) is 0 Å². The smallest absolute Gasteiger partial charge is 0.313 e. The van der Waals surface area contributed by atoms with Crippen LogP contribution in [0, 0.1) is 3.57 Å². The Morgan fingerprint density at radius 3 is 2.39 bits per heavy atom. The number of benzene rings is 1. The minimum Gasteiger partial charge on any atom is -0.334 e. The van der Waals surface area contributed by atoms with Gasteiger partial charge >= 0.3 is 11.8 Å². The number of nitrogens with one attached hydrogen (secondary N) is 1. The molecule has 0 saturated heterocycles. The van der Waals surface area contributed by atoms with E-state index in [0.29, 0.717) is 25.2 Å². The van der Waals surface area contributed by atoms with Crippen molar-refractivity contribution in [3.63, 3.8) is 0 Å². The second-order valence-electron chi connectivity index (χ2n) is 4.95. The number of rotatable bonds is 5. The molecule has 120 valence electrons. The lowest BCUT2D eigenvalue weighted by atomic mass is 10.2. The summed E-state index contributed by atoms with van der Waals surface area (Å²) in [6.07, 6.45) is 4.13. The molecule has 0 unspecified atom stereocenters. The van der Waals surface area contributed by atoms with E-state index in [2.05, 4.69) is 32.9 Å². The Hall–Kier alpha value is -1.96. The van der Waals surface area contributed by atoms with Gasteiger partial charge in [-0.3, -0.25) is 14.6 Å². The number of hydrogen-bond donors (Lipinski definition) is 1. The van der Waals surface area contributed by atoms with Crippen molar-refractivity contribution in [1.29, 1.82) is 0 Å². The number of likely N-dealkylation sites (N-methyl/N-ethyl adjacent to an activating group) is 1. The molecule has 1 aromatic carbocycles. The van der Waals surface area contributed by atoms with Gasteiger partial charge in [-0.25, -0.2) is 0 Å². The lowest BCUT2D eigenvalue weighted by molar-refractivity contribution is -0.143. The Balaban J connectivity index is 1.93. The summed E-state index contributed by atoms with van der Waals surface area (Å²) < 4.78 is 1.07. The van der Waals surface area contributed by atoms with E-state index in [1.54, 1.807) is 29.4 Å². The predicted octanol–water partition coefficient (Wildman–Crippen LogP) is 2.72. The normalized spacial score (nSPS) is 10.2. The number of nitrogens with zero attached hydrogens (tertiary/aromatic N) is 2. The first-order valence-electron chi connectivity index (χ1n) is 7.35. The molecule has 23 heavy (non-hydrogen) atoms. The summed E-state index contributed by atoms with van der Waals surface area (Å²) in [4.78, 5) is 29.9. The molecule has 0 aliphatic rings. The van der Waals surface area contributed by atoms with Crippen LogP contribution in [0.2, 0.25) is 0 Å². The first kappa shape index (κ1) is 17.4. The molecule has 1 heterocycles. The minimum absolute atomic E-state index is 0.490. The molecule has 0 atom stereocenters. The molecule has 2 aromatic rings. The molecular formula is C17H18IN3O2. The highest BCUT2D eigenvalue weighted by atomic mass is 127. The van der Waals surface area contributed by atoms with Crippen LogP contribution in [-0.4, -0.2) is 34.8 Å². The summed E-state index contributed by atoms with van der Waals surface area (Å²) in [6, 6.07) is 11.1. The topological polar surface area (TPSA) is 62.3 Å². The van der Waals surface area contributed by atoms with E-state index < -0.39 is 11.8 Å². The molecule has 0 spiro atoms. The van der Waals surface area contributed by atoms with Crippen molar-refractivity contribution in [1.82, 2.24) is 9.88 Å². The van der Waals surface area contributed by atoms with E-state index in [9.17, 15) is 9.59 Å². The van der Waals surface area contributed by atoms with Gasteiger partial charge in [0.2, 0.25) is 0 Å². The third-order valence-electron chi connectivity index (χ3n) is 3.39. The molecule has 0 aliphatic heterocycles. The van der Waals surface area contributed by atoms with Crippen molar-refractivity contribution in [2.75, 3.05) is 18.4 Å². The number of halogens is 1. The lowest BCUT2D eigenvalue weighted by Gasteiger charge is -2.20. The van der Waals surface area contributed by atoms with Gasteiger partial charge in [0.05, 0.1) is 0 Å². The first-order valence-corrected chi connectivity index (χ1v) is 8.42. The van der Waals surface area contributed by atoms with Crippen LogP contribution in [0.25, 0.3) is 0 Å². The van der Waals surface area contributed by atoms with Crippen LogP contribution in [0.1, 0.15) is 12.5 Å². The fraction of sp³-hybridized carbons (Fsp3) is 0.235. The number of aromatic nitrogens is 1. The molecule has 0 bridgehead atoms. The maximum Gasteiger partial charge on any atom is 0.313 e. The Labute approximate surface area is 149 Å². The zero-order valence-electron chi connectivity index (χ0n) is 12.8. The van der Waals surface area contributed by atoms with Crippen LogP contribution in [-0.2, 0) is 16.0 Å². The van der Waals surface area contributed by atoms with Crippen LogP contribution in [0.5, 0.6) is 0 Å². The van der Waals surface area contributed by atoms with Gasteiger partial charge in [-0.2, -0.15) is 0 Å². The molecule has 0 radical (unpaired) electrons.